The van der Waals surface area contributed by atoms with Crippen LogP contribution in [0.15, 0.2) is 72.8 Å². The van der Waals surface area contributed by atoms with E-state index in [9.17, 15) is 23.9 Å². The maximum Gasteiger partial charge on any atom is 0.323 e. The molecule has 216 valence electrons. The van der Waals surface area contributed by atoms with Crippen LogP contribution in [0.4, 0.5) is 31.0 Å². The number of likely N-dealkylation sites (N-methyl/N-ethyl adjacent to an activating group) is 1. The number of carbonyl (C=O) groups is 3. The van der Waals surface area contributed by atoms with Gasteiger partial charge in [0, 0.05) is 36.6 Å². The van der Waals surface area contributed by atoms with E-state index in [1.807, 2.05) is 13.0 Å². The number of carbonyl (C=O) groups excluding carboxylic acids is 3. The molecule has 0 bridgehead atoms. The van der Waals surface area contributed by atoms with E-state index in [0.717, 1.165) is 0 Å². The third kappa shape index (κ3) is 7.52. The van der Waals surface area contributed by atoms with E-state index in [1.165, 1.54) is 35.2 Å². The van der Waals surface area contributed by atoms with Crippen LogP contribution in [0, 0.1) is 11.7 Å². The van der Waals surface area contributed by atoms with E-state index in [0.29, 0.717) is 22.8 Å². The second-order valence-corrected chi connectivity index (χ2v) is 10.1. The molecular weight excluding hydrogens is 529 g/mol. The predicted octanol–water partition coefficient (Wildman–Crippen LogP) is 4.85. The summed E-state index contributed by atoms with van der Waals surface area (Å²) >= 11 is 0. The van der Waals surface area contributed by atoms with Gasteiger partial charge in [-0.2, -0.15) is 0 Å². The number of urea groups is 2. The zero-order chi connectivity index (χ0) is 29.5. The molecule has 1 aliphatic rings. The molecule has 41 heavy (non-hydrogen) atoms. The molecule has 0 spiro atoms. The highest BCUT2D eigenvalue weighted by Gasteiger charge is 2.34. The maximum atomic E-state index is 13.6. The zero-order valence-corrected chi connectivity index (χ0v) is 23.1. The molecule has 1 aliphatic heterocycles. The molecule has 3 aromatic rings. The molecule has 0 aliphatic carbocycles. The Morgan fingerprint density at radius 1 is 1.02 bits per heavy atom. The van der Waals surface area contributed by atoms with Crippen LogP contribution in [0.2, 0.25) is 0 Å². The topological polar surface area (TPSA) is 123 Å². The van der Waals surface area contributed by atoms with Gasteiger partial charge in [-0.15, -0.1) is 0 Å². The average molecular weight is 564 g/mol. The van der Waals surface area contributed by atoms with Crippen molar-refractivity contribution < 1.29 is 28.6 Å². The number of aliphatic hydroxyl groups is 1. The summed E-state index contributed by atoms with van der Waals surface area (Å²) in [7, 11) is 1.62. The normalized spacial score (nSPS) is 17.3. The lowest BCUT2D eigenvalue weighted by Gasteiger charge is -2.38. The lowest BCUT2D eigenvalue weighted by Crippen LogP contribution is -2.50. The quantitative estimate of drug-likeness (QED) is 0.327. The number of nitrogens with zero attached hydrogens (tertiary/aromatic N) is 2. The van der Waals surface area contributed by atoms with Gasteiger partial charge in [0.2, 0.25) is 0 Å². The number of nitrogens with one attached hydrogen (secondary N) is 3. The van der Waals surface area contributed by atoms with Crippen LogP contribution in [-0.2, 0) is 0 Å². The molecule has 0 radical (unpaired) electrons. The third-order valence-corrected chi connectivity index (χ3v) is 6.85. The number of aliphatic hydroxyl groups excluding tert-OH is 1. The molecule has 4 rings (SSSR count). The van der Waals surface area contributed by atoms with Gasteiger partial charge in [-0.05, 0) is 61.5 Å². The van der Waals surface area contributed by atoms with Crippen LogP contribution in [0.3, 0.4) is 0 Å². The second-order valence-electron chi connectivity index (χ2n) is 10.1. The van der Waals surface area contributed by atoms with Crippen LogP contribution >= 0.6 is 0 Å². The van der Waals surface area contributed by atoms with Crippen molar-refractivity contribution in [3.63, 3.8) is 0 Å². The first-order valence-electron chi connectivity index (χ1n) is 13.3. The molecule has 0 saturated carbocycles. The van der Waals surface area contributed by atoms with Gasteiger partial charge in [0.05, 0.1) is 24.8 Å². The van der Waals surface area contributed by atoms with Crippen LogP contribution in [0.1, 0.15) is 24.2 Å². The summed E-state index contributed by atoms with van der Waals surface area (Å²) in [5, 5.41) is 18.1. The Labute approximate surface area is 238 Å². The Balaban J connectivity index is 1.54. The number of hydrogen-bond donors (Lipinski definition) is 4. The van der Waals surface area contributed by atoms with Crippen molar-refractivity contribution in [3.8, 4) is 5.75 Å². The van der Waals surface area contributed by atoms with Gasteiger partial charge in [-0.3, -0.25) is 4.79 Å². The predicted molar refractivity (Wildman–Crippen MR) is 155 cm³/mol. The Bertz CT molecular complexity index is 1370. The van der Waals surface area contributed by atoms with Crippen LogP contribution < -0.4 is 20.7 Å². The number of benzene rings is 3. The Morgan fingerprint density at radius 3 is 2.34 bits per heavy atom. The van der Waals surface area contributed by atoms with Crippen LogP contribution in [0.25, 0.3) is 0 Å². The lowest BCUT2D eigenvalue weighted by molar-refractivity contribution is 0.0371. The van der Waals surface area contributed by atoms with E-state index in [-0.39, 0.29) is 37.1 Å². The largest absolute Gasteiger partial charge is 0.487 e. The van der Waals surface area contributed by atoms with Crippen LogP contribution in [-0.4, -0.2) is 71.8 Å². The SMILES string of the molecule is C[C@H]1CN([C@@H](C)CO)C(=O)c2cc(NC(=O)Nc3ccccc3)ccc2O[C@@H]1CN(C)C(=O)Nc1ccc(F)cc1. The monoisotopic (exact) mass is 563 g/mol. The van der Waals surface area contributed by atoms with Gasteiger partial charge in [0.1, 0.15) is 17.7 Å². The summed E-state index contributed by atoms with van der Waals surface area (Å²) in [6, 6.07) is 17.8. The Hall–Kier alpha value is -4.64. The van der Waals surface area contributed by atoms with E-state index >= 15 is 0 Å². The van der Waals surface area contributed by atoms with Gasteiger partial charge in [0.15, 0.2) is 0 Å². The molecule has 5 amide bonds. The van der Waals surface area contributed by atoms with Crippen molar-refractivity contribution in [1.29, 1.82) is 0 Å². The van der Waals surface area contributed by atoms with Crippen molar-refractivity contribution >= 4 is 35.0 Å². The lowest BCUT2D eigenvalue weighted by atomic mass is 9.99. The Kier molecular flexibility index (Phi) is 9.41. The van der Waals surface area contributed by atoms with E-state index in [2.05, 4.69) is 16.0 Å². The number of rotatable bonds is 7. The van der Waals surface area contributed by atoms with Gasteiger partial charge < -0.3 is 35.6 Å². The summed E-state index contributed by atoms with van der Waals surface area (Å²) in [5.41, 5.74) is 1.66. The fourth-order valence-corrected chi connectivity index (χ4v) is 4.44. The number of halogens is 1. The molecular formula is C30H34FN5O5. The summed E-state index contributed by atoms with van der Waals surface area (Å²) in [6.07, 6.45) is -0.514. The number of para-hydroxylation sites is 1. The molecule has 0 saturated heterocycles. The highest BCUT2D eigenvalue weighted by Crippen LogP contribution is 2.31. The molecule has 3 aromatic carbocycles. The second kappa shape index (κ2) is 13.1. The molecule has 0 unspecified atom stereocenters. The fourth-order valence-electron chi connectivity index (χ4n) is 4.44. The minimum Gasteiger partial charge on any atom is -0.487 e. The molecule has 4 N–H and O–H groups in total. The van der Waals surface area contributed by atoms with Crippen molar-refractivity contribution in [2.24, 2.45) is 5.92 Å². The van der Waals surface area contributed by atoms with E-state index in [4.69, 9.17) is 4.74 Å². The first-order valence-corrected chi connectivity index (χ1v) is 13.3. The number of fused-ring (bicyclic) bond motifs is 1. The zero-order valence-electron chi connectivity index (χ0n) is 23.1. The summed E-state index contributed by atoms with van der Waals surface area (Å²) in [4.78, 5) is 42.1. The molecule has 1 heterocycles. The minimum absolute atomic E-state index is 0.183. The van der Waals surface area contributed by atoms with Crippen molar-refractivity contribution in [2.75, 3.05) is 42.7 Å². The number of anilines is 3. The fraction of sp³-hybridized carbons (Fsp3) is 0.300. The summed E-state index contributed by atoms with van der Waals surface area (Å²) in [6.45, 7) is 3.87. The Morgan fingerprint density at radius 2 is 1.66 bits per heavy atom. The van der Waals surface area contributed by atoms with Gasteiger partial charge in [-0.1, -0.05) is 25.1 Å². The van der Waals surface area contributed by atoms with Gasteiger partial charge in [0.25, 0.3) is 5.91 Å². The third-order valence-electron chi connectivity index (χ3n) is 6.85. The van der Waals surface area contributed by atoms with Crippen molar-refractivity contribution in [1.82, 2.24) is 9.80 Å². The minimum atomic E-state index is -0.514. The molecule has 0 aromatic heterocycles. The summed E-state index contributed by atoms with van der Waals surface area (Å²) < 4.78 is 19.6. The number of amides is 5. The van der Waals surface area contributed by atoms with E-state index < -0.39 is 30.0 Å². The molecule has 11 heteroatoms. The number of hydrogen-bond acceptors (Lipinski definition) is 5. The average Bonchev–Trinajstić information content (AvgIpc) is 2.96. The molecule has 3 atom stereocenters. The number of ether oxygens (including phenoxy) is 1. The van der Waals surface area contributed by atoms with Gasteiger partial charge >= 0.3 is 12.1 Å². The highest BCUT2D eigenvalue weighted by molar-refractivity contribution is 6.02. The standard InChI is InChI=1S/C30H34FN5O5/c1-19-16-36(20(2)18-37)28(38)25-15-24(33-29(39)32-22-7-5-4-6-8-22)13-14-26(25)41-27(19)17-35(3)30(40)34-23-11-9-21(31)10-12-23/h4-15,19-20,27,37H,16-18H2,1-3H3,(H,34,40)(H2,32,33,39)/t19-,20-,27+/m0/s1. The van der Waals surface area contributed by atoms with Crippen LogP contribution in [0.5, 0.6) is 5.75 Å². The van der Waals surface area contributed by atoms with E-state index in [1.54, 1.807) is 55.3 Å². The molecule has 10 nitrogen and oxygen atoms in total. The van der Waals surface area contributed by atoms with Crippen molar-refractivity contribution in [2.45, 2.75) is 26.0 Å². The van der Waals surface area contributed by atoms with Crippen molar-refractivity contribution in [3.05, 3.63) is 84.2 Å². The maximum absolute atomic E-state index is 13.6. The smallest absolute Gasteiger partial charge is 0.323 e. The van der Waals surface area contributed by atoms with Gasteiger partial charge in [-0.25, -0.2) is 14.0 Å². The summed E-state index contributed by atoms with van der Waals surface area (Å²) in [5.74, 6) is -0.667. The molecule has 0 fully saturated rings. The first kappa shape index (κ1) is 29.3. The first-order chi connectivity index (χ1) is 19.6. The highest BCUT2D eigenvalue weighted by atomic mass is 19.1.